The number of nitrogens with two attached hydrogens (primary N) is 2. The first-order valence-corrected chi connectivity index (χ1v) is 12.6. The van der Waals surface area contributed by atoms with Crippen LogP contribution in [0.3, 0.4) is 0 Å². The molecule has 0 fully saturated rings. The second-order valence-electron chi connectivity index (χ2n) is 8.37. The van der Waals surface area contributed by atoms with Gasteiger partial charge in [0.2, 0.25) is 5.88 Å². The number of unbranched alkanes of at least 4 members (excludes halogenated alkanes) is 1. The Kier molecular flexibility index (Phi) is 11.5. The van der Waals surface area contributed by atoms with Crippen molar-refractivity contribution in [3.05, 3.63) is 23.1 Å². The lowest BCUT2D eigenvalue weighted by Gasteiger charge is -2.20. The fourth-order valence-electron chi connectivity index (χ4n) is 3.71. The van der Waals surface area contributed by atoms with Crippen LogP contribution in [0.5, 0.6) is 11.9 Å². The maximum atomic E-state index is 15.8. The van der Waals surface area contributed by atoms with E-state index in [9.17, 15) is 22.0 Å². The number of ether oxygens (including phenoxy) is 2. The molecule has 1 atom stereocenters. The minimum absolute atomic E-state index is 0.220. The fraction of sp³-hybridized carbons (Fsp3) is 0.520. The van der Waals surface area contributed by atoms with Crippen LogP contribution in [-0.2, 0) is 6.18 Å². The Morgan fingerprint density at radius 2 is 1.73 bits per heavy atom. The molecule has 0 aliphatic carbocycles. The quantitative estimate of drug-likeness (QED) is 0.187. The lowest BCUT2D eigenvalue weighted by Crippen LogP contribution is -2.23. The van der Waals surface area contributed by atoms with Gasteiger partial charge in [-0.05, 0) is 38.9 Å². The summed E-state index contributed by atoms with van der Waals surface area (Å²) in [4.78, 5) is 14.8. The van der Waals surface area contributed by atoms with Crippen molar-refractivity contribution in [2.24, 2.45) is 0 Å². The highest BCUT2D eigenvalue weighted by atomic mass is 19.4. The van der Waals surface area contributed by atoms with Gasteiger partial charge in [-0.1, -0.05) is 27.2 Å². The molecule has 3 aromatic rings. The largest absolute Gasteiger partial charge is 0.474 e. The number of hydrogen-bond acceptors (Lipinski definition) is 9. The summed E-state index contributed by atoms with van der Waals surface area (Å²) in [5.74, 6) is -2.80. The van der Waals surface area contributed by atoms with Crippen LogP contribution in [-0.4, -0.2) is 46.2 Å². The number of nitrogens with zero attached hydrogens (tertiary/aromatic N) is 4. The molecule has 0 bridgehead atoms. The van der Waals surface area contributed by atoms with E-state index in [4.69, 9.17) is 20.9 Å². The third-order valence-electron chi connectivity index (χ3n) is 5.50. The summed E-state index contributed by atoms with van der Waals surface area (Å²) in [5, 5.41) is 3.00. The van der Waals surface area contributed by atoms with Gasteiger partial charge in [0, 0.05) is 5.56 Å². The number of rotatable bonds is 11. The van der Waals surface area contributed by atoms with Gasteiger partial charge in [0.15, 0.2) is 5.82 Å². The standard InChI is InChI=1S/C23H27F6N7O2.C2H6/c1-4-5-7-32-8-6-10(2)38-21-13-17(35-22(37-3)36-20(13)31)15(24)16(34-21)11-9-12(30)33-18(19(25)26)14(11)23(27,28)29;1-2/h9-10,19,32H,4-8H2,1-3H3,(H2,30,33)(H2,31,35,36);1-2H3. The number of pyridine rings is 2. The summed E-state index contributed by atoms with van der Waals surface area (Å²) in [6.45, 7) is 9.04. The summed E-state index contributed by atoms with van der Waals surface area (Å²) < 4.78 is 95.6. The molecule has 222 valence electrons. The van der Waals surface area contributed by atoms with Gasteiger partial charge in [0.25, 0.3) is 6.43 Å². The van der Waals surface area contributed by atoms with E-state index >= 15 is 4.39 Å². The molecule has 3 aromatic heterocycles. The maximum absolute atomic E-state index is 15.8. The first kappa shape index (κ1) is 32.6. The second kappa shape index (κ2) is 14.1. The number of alkyl halides is 5. The normalized spacial score (nSPS) is 12.3. The number of halogens is 6. The summed E-state index contributed by atoms with van der Waals surface area (Å²) >= 11 is 0. The average Bonchev–Trinajstić information content (AvgIpc) is 2.89. The minimum atomic E-state index is -5.36. The van der Waals surface area contributed by atoms with Crippen LogP contribution in [0.2, 0.25) is 0 Å². The molecule has 3 heterocycles. The number of methoxy groups -OCH3 is 1. The molecule has 40 heavy (non-hydrogen) atoms. The number of fused-ring (bicyclic) bond motifs is 1. The van der Waals surface area contributed by atoms with Gasteiger partial charge in [0.1, 0.15) is 33.9 Å². The van der Waals surface area contributed by atoms with Crippen molar-refractivity contribution >= 4 is 22.5 Å². The highest BCUT2D eigenvalue weighted by Gasteiger charge is 2.41. The van der Waals surface area contributed by atoms with Crippen LogP contribution in [0.4, 0.5) is 38.0 Å². The number of nitrogens with one attached hydrogen (secondary N) is 1. The van der Waals surface area contributed by atoms with E-state index in [1.54, 1.807) is 6.92 Å². The number of anilines is 2. The summed E-state index contributed by atoms with van der Waals surface area (Å²) in [5.41, 5.74) is 5.32. The van der Waals surface area contributed by atoms with Crippen LogP contribution in [0, 0.1) is 5.82 Å². The van der Waals surface area contributed by atoms with Crippen molar-refractivity contribution in [2.75, 3.05) is 31.7 Å². The molecular formula is C25H33F6N7O2. The van der Waals surface area contributed by atoms with E-state index in [2.05, 4.69) is 25.3 Å². The smallest absolute Gasteiger partial charge is 0.419 e. The van der Waals surface area contributed by atoms with Gasteiger partial charge < -0.3 is 26.3 Å². The van der Waals surface area contributed by atoms with Gasteiger partial charge >= 0.3 is 12.2 Å². The van der Waals surface area contributed by atoms with Crippen molar-refractivity contribution in [1.82, 2.24) is 25.3 Å². The minimum Gasteiger partial charge on any atom is -0.474 e. The third-order valence-corrected chi connectivity index (χ3v) is 5.50. The molecule has 0 aliphatic rings. The third kappa shape index (κ3) is 7.52. The van der Waals surface area contributed by atoms with E-state index in [-0.39, 0.29) is 23.1 Å². The molecule has 9 nitrogen and oxygen atoms in total. The molecule has 3 rings (SSSR count). The molecule has 0 saturated heterocycles. The number of hydrogen-bond donors (Lipinski definition) is 3. The van der Waals surface area contributed by atoms with Crippen molar-refractivity contribution in [1.29, 1.82) is 0 Å². The van der Waals surface area contributed by atoms with E-state index < -0.39 is 58.4 Å². The van der Waals surface area contributed by atoms with Crippen molar-refractivity contribution < 1.29 is 35.8 Å². The zero-order chi connectivity index (χ0) is 30.2. The molecule has 1 unspecified atom stereocenters. The predicted molar refractivity (Wildman–Crippen MR) is 140 cm³/mol. The Hall–Kier alpha value is -3.62. The Bertz CT molecular complexity index is 1290. The molecule has 0 aliphatic heterocycles. The van der Waals surface area contributed by atoms with E-state index in [1.165, 1.54) is 7.11 Å². The molecule has 15 heteroatoms. The second-order valence-corrected chi connectivity index (χ2v) is 8.37. The van der Waals surface area contributed by atoms with E-state index in [0.717, 1.165) is 19.4 Å². The first-order valence-electron chi connectivity index (χ1n) is 12.6. The monoisotopic (exact) mass is 577 g/mol. The zero-order valence-corrected chi connectivity index (χ0v) is 22.8. The molecule has 0 saturated carbocycles. The summed E-state index contributed by atoms with van der Waals surface area (Å²) in [7, 11) is 1.17. The number of nitrogen functional groups attached to an aromatic ring is 2. The van der Waals surface area contributed by atoms with Crippen molar-refractivity contribution in [3.63, 3.8) is 0 Å². The first-order chi connectivity index (χ1) is 18.9. The highest BCUT2D eigenvalue weighted by molar-refractivity contribution is 5.95. The Morgan fingerprint density at radius 1 is 1.05 bits per heavy atom. The zero-order valence-electron chi connectivity index (χ0n) is 22.8. The Balaban J connectivity index is 0.00000274. The molecule has 5 N–H and O–H groups in total. The van der Waals surface area contributed by atoms with Crippen LogP contribution in [0.25, 0.3) is 22.2 Å². The van der Waals surface area contributed by atoms with Gasteiger partial charge in [-0.2, -0.15) is 23.1 Å². The summed E-state index contributed by atoms with van der Waals surface area (Å²) in [6.07, 6.45) is -7.17. The van der Waals surface area contributed by atoms with Gasteiger partial charge in [-0.15, -0.1) is 0 Å². The van der Waals surface area contributed by atoms with E-state index in [0.29, 0.717) is 19.0 Å². The van der Waals surface area contributed by atoms with E-state index in [1.807, 2.05) is 20.8 Å². The lowest BCUT2D eigenvalue weighted by molar-refractivity contribution is -0.139. The van der Waals surface area contributed by atoms with Crippen molar-refractivity contribution in [2.45, 2.75) is 65.7 Å². The van der Waals surface area contributed by atoms with Crippen molar-refractivity contribution in [3.8, 4) is 23.1 Å². The van der Waals surface area contributed by atoms with Gasteiger partial charge in [0.05, 0.1) is 18.8 Å². The molecule has 0 spiro atoms. The highest BCUT2D eigenvalue weighted by Crippen LogP contribution is 2.44. The van der Waals surface area contributed by atoms with Crippen LogP contribution >= 0.6 is 0 Å². The summed E-state index contributed by atoms with van der Waals surface area (Å²) in [6, 6.07) is 0.224. The maximum Gasteiger partial charge on any atom is 0.419 e. The van der Waals surface area contributed by atoms with Crippen LogP contribution in [0.15, 0.2) is 6.07 Å². The topological polar surface area (TPSA) is 134 Å². The van der Waals surface area contributed by atoms with Gasteiger partial charge in [-0.3, -0.25) is 0 Å². The van der Waals surface area contributed by atoms with Crippen LogP contribution < -0.4 is 26.3 Å². The molecule has 0 aromatic carbocycles. The molecule has 0 amide bonds. The molecule has 0 radical (unpaired) electrons. The lowest BCUT2D eigenvalue weighted by atomic mass is 10.0. The SMILES string of the molecule is CC.CCCCNCCC(C)Oc1nc(-c2cc(N)nc(C(F)F)c2C(F)(F)F)c(F)c2nc(OC)nc(N)c12. The molecular weight excluding hydrogens is 544 g/mol. The Labute approximate surface area is 227 Å². The van der Waals surface area contributed by atoms with Gasteiger partial charge in [-0.25, -0.2) is 23.1 Å². The van der Waals surface area contributed by atoms with Crippen LogP contribution in [0.1, 0.15) is 64.6 Å². The number of aromatic nitrogens is 4. The average molecular weight is 578 g/mol. The Morgan fingerprint density at radius 3 is 2.30 bits per heavy atom. The fourth-order valence-corrected chi connectivity index (χ4v) is 3.71. The predicted octanol–water partition coefficient (Wildman–Crippen LogP) is 5.93.